The van der Waals surface area contributed by atoms with Crippen LogP contribution in [0.2, 0.25) is 0 Å². The predicted molar refractivity (Wildman–Crippen MR) is 168 cm³/mol. The number of aryl methyl sites for hydroxylation is 1. The minimum atomic E-state index is -3.85. The van der Waals surface area contributed by atoms with Gasteiger partial charge in [0, 0.05) is 37.8 Å². The monoisotopic (exact) mass is 656 g/mol. The summed E-state index contributed by atoms with van der Waals surface area (Å²) in [5, 5.41) is 16.4. The maximum Gasteiger partial charge on any atom is 0.319 e. The van der Waals surface area contributed by atoms with E-state index in [1.54, 1.807) is 11.8 Å². The molecule has 0 amide bonds. The highest BCUT2D eigenvalue weighted by Crippen LogP contribution is 2.42. The molecule has 4 aromatic rings. The van der Waals surface area contributed by atoms with Gasteiger partial charge in [-0.25, -0.2) is 26.7 Å². The van der Waals surface area contributed by atoms with Crippen molar-refractivity contribution >= 4 is 37.5 Å². The third-order valence-corrected chi connectivity index (χ3v) is 11.1. The highest BCUT2D eigenvalue weighted by molar-refractivity contribution is 7.89. The lowest BCUT2D eigenvalue weighted by atomic mass is 9.94. The predicted octanol–water partition coefficient (Wildman–Crippen LogP) is 4.60. The fourth-order valence-corrected chi connectivity index (χ4v) is 8.48. The van der Waals surface area contributed by atoms with Crippen LogP contribution >= 0.6 is 0 Å². The highest BCUT2D eigenvalue weighted by atomic mass is 32.2. The molecule has 3 aliphatic heterocycles. The van der Waals surface area contributed by atoms with Gasteiger partial charge < -0.3 is 14.7 Å². The molecule has 3 saturated heterocycles. The number of nitrogens with zero attached hydrogens (tertiary/aromatic N) is 5. The van der Waals surface area contributed by atoms with Crippen LogP contribution in [0.15, 0.2) is 30.5 Å². The Morgan fingerprint density at radius 2 is 1.98 bits per heavy atom. The van der Waals surface area contributed by atoms with Crippen LogP contribution in [0.1, 0.15) is 44.6 Å². The number of phenolic OH excluding ortho intramolecular Hbond substituents is 1. The molecule has 7 rings (SSSR count). The van der Waals surface area contributed by atoms with E-state index in [-0.39, 0.29) is 52.9 Å². The lowest BCUT2D eigenvalue weighted by molar-refractivity contribution is 0.107. The standard InChI is InChI=1S/C32H35F3N6O4S/c1-2-22-25(34)7-6-18-11-20(42)12-23(26(18)22)28-27(35)29-24(14-37-28)30(40-9-3-5-21(16-40)46(36,43)44)39-31(38-29)45-17-32-8-4-10-41(32)15-19(33)13-32/h6-7,11-12,14,19,21,42H,2-5,8-10,13,15-17H2,1H3,(H2,36,43,44)/t19-,21-,32+/m1/s1. The summed E-state index contributed by atoms with van der Waals surface area (Å²) in [6.45, 7) is 3.45. The maximum absolute atomic E-state index is 16.8. The van der Waals surface area contributed by atoms with E-state index >= 15 is 4.39 Å². The summed E-state index contributed by atoms with van der Waals surface area (Å²) in [7, 11) is -3.85. The summed E-state index contributed by atoms with van der Waals surface area (Å²) in [6, 6.07) is 5.53. The number of aromatic hydroxyl groups is 1. The number of aromatic nitrogens is 3. The van der Waals surface area contributed by atoms with Gasteiger partial charge in [-0.3, -0.25) is 9.88 Å². The Hall–Kier alpha value is -3.75. The summed E-state index contributed by atoms with van der Waals surface area (Å²) < 4.78 is 76.9. The third-order valence-electron chi connectivity index (χ3n) is 9.78. The average Bonchev–Trinajstić information content (AvgIpc) is 3.55. The van der Waals surface area contributed by atoms with Crippen molar-refractivity contribution in [2.45, 2.75) is 62.4 Å². The van der Waals surface area contributed by atoms with Crippen LogP contribution in [0.5, 0.6) is 11.8 Å². The van der Waals surface area contributed by atoms with E-state index < -0.39 is 38.6 Å². The molecular formula is C32H35F3N6O4S. The Labute approximate surface area is 264 Å². The SMILES string of the molecule is CCc1c(F)ccc2cc(O)cc(-c3ncc4c(N5CCC[C@@H](S(N)(=O)=O)C5)nc(OC[C@@]56CCCN5C[C@H](F)C6)nc4c3F)c12. The molecule has 0 aliphatic carbocycles. The van der Waals surface area contributed by atoms with Crippen molar-refractivity contribution in [2.75, 3.05) is 37.7 Å². The van der Waals surface area contributed by atoms with Gasteiger partial charge in [0.05, 0.1) is 16.2 Å². The van der Waals surface area contributed by atoms with Gasteiger partial charge in [-0.2, -0.15) is 9.97 Å². The van der Waals surface area contributed by atoms with Crippen molar-refractivity contribution in [1.82, 2.24) is 19.9 Å². The molecule has 0 unspecified atom stereocenters. The number of pyridine rings is 1. The number of benzene rings is 2. The molecule has 244 valence electrons. The zero-order valence-corrected chi connectivity index (χ0v) is 26.2. The molecule has 2 aromatic carbocycles. The van der Waals surface area contributed by atoms with Gasteiger partial charge in [0.2, 0.25) is 10.0 Å². The number of phenols is 1. The Morgan fingerprint density at radius 1 is 1.15 bits per heavy atom. The van der Waals surface area contributed by atoms with Crippen LogP contribution in [-0.2, 0) is 16.4 Å². The molecule has 3 fully saturated rings. The molecule has 3 atom stereocenters. The largest absolute Gasteiger partial charge is 0.508 e. The van der Waals surface area contributed by atoms with Gasteiger partial charge in [0.25, 0.3) is 0 Å². The zero-order chi connectivity index (χ0) is 32.4. The van der Waals surface area contributed by atoms with E-state index in [0.717, 1.165) is 19.4 Å². The Balaban J connectivity index is 1.38. The molecule has 46 heavy (non-hydrogen) atoms. The molecule has 3 aliphatic rings. The van der Waals surface area contributed by atoms with E-state index in [4.69, 9.17) is 9.88 Å². The maximum atomic E-state index is 16.8. The van der Waals surface area contributed by atoms with Gasteiger partial charge >= 0.3 is 6.01 Å². The molecule has 10 nitrogen and oxygen atoms in total. The number of alkyl halides is 1. The van der Waals surface area contributed by atoms with Gasteiger partial charge in [0.1, 0.15) is 41.4 Å². The quantitative estimate of drug-likeness (QED) is 0.293. The first-order chi connectivity index (χ1) is 22.0. The molecule has 0 spiro atoms. The van der Waals surface area contributed by atoms with Gasteiger partial charge in [-0.05, 0) is 73.2 Å². The van der Waals surface area contributed by atoms with Crippen molar-refractivity contribution < 1.29 is 31.4 Å². The summed E-state index contributed by atoms with van der Waals surface area (Å²) >= 11 is 0. The van der Waals surface area contributed by atoms with E-state index in [0.29, 0.717) is 55.1 Å². The second kappa shape index (κ2) is 11.5. The first-order valence-corrected chi connectivity index (χ1v) is 17.2. The second-order valence-electron chi connectivity index (χ2n) is 12.6. The average molecular weight is 657 g/mol. The molecule has 5 heterocycles. The van der Waals surface area contributed by atoms with Crippen LogP contribution in [0.3, 0.4) is 0 Å². The van der Waals surface area contributed by atoms with Gasteiger partial charge in [0.15, 0.2) is 5.82 Å². The lowest BCUT2D eigenvalue weighted by Gasteiger charge is -2.33. The number of hydrogen-bond donors (Lipinski definition) is 2. The Morgan fingerprint density at radius 3 is 2.76 bits per heavy atom. The smallest absolute Gasteiger partial charge is 0.319 e. The number of rotatable bonds is 7. The normalized spacial score (nSPS) is 23.8. The van der Waals surface area contributed by atoms with Crippen molar-refractivity contribution in [2.24, 2.45) is 5.14 Å². The number of ether oxygens (including phenoxy) is 1. The van der Waals surface area contributed by atoms with Crippen molar-refractivity contribution in [3.8, 4) is 23.0 Å². The number of sulfonamides is 1. The molecule has 0 saturated carbocycles. The Kier molecular flexibility index (Phi) is 7.72. The van der Waals surface area contributed by atoms with Crippen LogP contribution in [0.4, 0.5) is 19.0 Å². The number of hydrogen-bond acceptors (Lipinski definition) is 9. The second-order valence-corrected chi connectivity index (χ2v) is 14.5. The van der Waals surface area contributed by atoms with E-state index in [1.807, 2.05) is 0 Å². The molecule has 2 aromatic heterocycles. The minimum absolute atomic E-state index is 0.0331. The zero-order valence-electron chi connectivity index (χ0n) is 25.3. The van der Waals surface area contributed by atoms with Crippen molar-refractivity contribution in [3.05, 3.63) is 47.7 Å². The number of anilines is 1. The number of piperidine rings is 1. The Bertz CT molecular complexity index is 1960. The van der Waals surface area contributed by atoms with Crippen LogP contribution in [0.25, 0.3) is 32.9 Å². The first-order valence-electron chi connectivity index (χ1n) is 15.6. The molecule has 3 N–H and O–H groups in total. The summed E-state index contributed by atoms with van der Waals surface area (Å²) in [4.78, 5) is 17.3. The fraction of sp³-hybridized carbons (Fsp3) is 0.469. The third kappa shape index (κ3) is 5.29. The van der Waals surface area contributed by atoms with E-state index in [1.165, 1.54) is 30.5 Å². The molecular weight excluding hydrogens is 621 g/mol. The highest BCUT2D eigenvalue weighted by Gasteiger charge is 2.49. The number of nitrogens with two attached hydrogens (primary N) is 1. The minimum Gasteiger partial charge on any atom is -0.508 e. The van der Waals surface area contributed by atoms with E-state index in [9.17, 15) is 22.3 Å². The van der Waals surface area contributed by atoms with Gasteiger partial charge in [-0.15, -0.1) is 0 Å². The van der Waals surface area contributed by atoms with Crippen LogP contribution in [-0.4, -0.2) is 83.1 Å². The molecule has 0 radical (unpaired) electrons. The molecule has 14 heteroatoms. The number of primary sulfonamides is 1. The van der Waals surface area contributed by atoms with Crippen LogP contribution in [0, 0.1) is 11.6 Å². The van der Waals surface area contributed by atoms with Crippen molar-refractivity contribution in [3.63, 3.8) is 0 Å². The molecule has 0 bridgehead atoms. The summed E-state index contributed by atoms with van der Waals surface area (Å²) in [6.07, 6.45) is 3.61. The fourth-order valence-electron chi connectivity index (χ4n) is 7.59. The summed E-state index contributed by atoms with van der Waals surface area (Å²) in [5.41, 5.74) is -0.246. The van der Waals surface area contributed by atoms with Gasteiger partial charge in [-0.1, -0.05) is 13.0 Å². The lowest BCUT2D eigenvalue weighted by Crippen LogP contribution is -2.45. The number of fused-ring (bicyclic) bond motifs is 3. The van der Waals surface area contributed by atoms with Crippen LogP contribution < -0.4 is 14.8 Å². The first kappa shape index (κ1) is 30.9. The number of halogens is 3. The van der Waals surface area contributed by atoms with Crippen molar-refractivity contribution in [1.29, 1.82) is 0 Å². The van der Waals surface area contributed by atoms with E-state index in [2.05, 4.69) is 19.9 Å². The topological polar surface area (TPSA) is 135 Å². The summed E-state index contributed by atoms with van der Waals surface area (Å²) in [5.74, 6) is -1.20.